The van der Waals surface area contributed by atoms with Crippen molar-refractivity contribution in [2.75, 3.05) is 6.61 Å². The van der Waals surface area contributed by atoms with Crippen LogP contribution in [-0.4, -0.2) is 24.8 Å². The topological polar surface area (TPSA) is 35.5 Å². The second-order valence-electron chi connectivity index (χ2n) is 5.23. The molecule has 0 aromatic heterocycles. The van der Waals surface area contributed by atoms with Crippen LogP contribution in [0.15, 0.2) is 0 Å². The van der Waals surface area contributed by atoms with Gasteiger partial charge in [-0.3, -0.25) is 0 Å². The van der Waals surface area contributed by atoms with Crippen LogP contribution in [0.1, 0.15) is 65.7 Å². The Bertz CT molecular complexity index is 240. The third kappa shape index (κ3) is 4.97. The summed E-state index contributed by atoms with van der Waals surface area (Å²) in [6.45, 7) is 6.59. The molecule has 0 heterocycles. The highest BCUT2D eigenvalue weighted by atomic mass is 16.6. The van der Waals surface area contributed by atoms with Crippen LogP contribution in [0.5, 0.6) is 0 Å². The van der Waals surface area contributed by atoms with Crippen LogP contribution in [0.4, 0.5) is 0 Å². The van der Waals surface area contributed by atoms with Gasteiger partial charge in [-0.15, -0.1) is 0 Å². The maximum atomic E-state index is 11.8. The minimum Gasteiger partial charge on any atom is -0.464 e. The smallest absolute Gasteiger partial charge is 0.335 e. The third-order valence-corrected chi connectivity index (χ3v) is 3.77. The quantitative estimate of drug-likeness (QED) is 0.651. The predicted molar refractivity (Wildman–Crippen MR) is 72.5 cm³/mol. The van der Waals surface area contributed by atoms with Crippen molar-refractivity contribution in [2.45, 2.75) is 77.9 Å². The monoisotopic (exact) mass is 256 g/mol. The molecule has 1 rings (SSSR count). The molecule has 0 bridgehead atoms. The molecule has 3 unspecified atom stereocenters. The molecule has 0 saturated heterocycles. The normalized spacial score (nSPS) is 25.7. The molecule has 18 heavy (non-hydrogen) atoms. The summed E-state index contributed by atoms with van der Waals surface area (Å²) >= 11 is 0. The van der Waals surface area contributed by atoms with E-state index in [0.29, 0.717) is 6.61 Å². The second-order valence-corrected chi connectivity index (χ2v) is 5.23. The van der Waals surface area contributed by atoms with Gasteiger partial charge in [-0.2, -0.15) is 0 Å². The number of hydrogen-bond acceptors (Lipinski definition) is 3. The Hall–Kier alpha value is -0.570. The van der Waals surface area contributed by atoms with Gasteiger partial charge in [0.05, 0.1) is 12.7 Å². The van der Waals surface area contributed by atoms with Crippen LogP contribution < -0.4 is 0 Å². The summed E-state index contributed by atoms with van der Waals surface area (Å²) in [4.78, 5) is 11.8. The van der Waals surface area contributed by atoms with Crippen molar-refractivity contribution in [3.05, 3.63) is 0 Å². The largest absolute Gasteiger partial charge is 0.464 e. The lowest BCUT2D eigenvalue weighted by molar-refractivity contribution is -0.163. The van der Waals surface area contributed by atoms with E-state index in [4.69, 9.17) is 9.47 Å². The molecule has 1 saturated carbocycles. The molecular weight excluding hydrogens is 228 g/mol. The van der Waals surface area contributed by atoms with Gasteiger partial charge in [0.2, 0.25) is 0 Å². The van der Waals surface area contributed by atoms with Crippen LogP contribution in [0.25, 0.3) is 0 Å². The van der Waals surface area contributed by atoms with Crippen molar-refractivity contribution in [1.82, 2.24) is 0 Å². The van der Waals surface area contributed by atoms with E-state index in [-0.39, 0.29) is 18.2 Å². The fourth-order valence-corrected chi connectivity index (χ4v) is 2.71. The summed E-state index contributed by atoms with van der Waals surface area (Å²) in [5.74, 6) is 0.589. The first-order valence-corrected chi connectivity index (χ1v) is 7.53. The highest BCUT2D eigenvalue weighted by Gasteiger charge is 2.27. The van der Waals surface area contributed by atoms with Crippen molar-refractivity contribution in [3.63, 3.8) is 0 Å². The predicted octanol–water partition coefficient (Wildman–Crippen LogP) is 3.70. The van der Waals surface area contributed by atoms with Crippen molar-refractivity contribution in [3.8, 4) is 0 Å². The summed E-state index contributed by atoms with van der Waals surface area (Å²) in [6.07, 6.45) is 7.59. The molecule has 3 atom stereocenters. The summed E-state index contributed by atoms with van der Waals surface area (Å²) in [5, 5.41) is 0. The van der Waals surface area contributed by atoms with Gasteiger partial charge in [-0.25, -0.2) is 4.79 Å². The fraction of sp³-hybridized carbons (Fsp3) is 0.933. The van der Waals surface area contributed by atoms with Gasteiger partial charge in [0.25, 0.3) is 0 Å². The average molecular weight is 256 g/mol. The molecule has 0 radical (unpaired) electrons. The maximum Gasteiger partial charge on any atom is 0.335 e. The summed E-state index contributed by atoms with van der Waals surface area (Å²) in [6, 6.07) is 0. The van der Waals surface area contributed by atoms with E-state index in [1.165, 1.54) is 19.3 Å². The van der Waals surface area contributed by atoms with E-state index in [1.807, 2.05) is 6.92 Å². The van der Waals surface area contributed by atoms with Crippen LogP contribution in [0, 0.1) is 5.92 Å². The van der Waals surface area contributed by atoms with Crippen LogP contribution in [0.3, 0.4) is 0 Å². The first kappa shape index (κ1) is 15.5. The molecule has 3 nitrogen and oxygen atoms in total. The first-order valence-electron chi connectivity index (χ1n) is 7.53. The van der Waals surface area contributed by atoms with Gasteiger partial charge in [0.15, 0.2) is 6.10 Å². The molecule has 106 valence electrons. The SMILES string of the molecule is CCCC(OC1CCCC(CC)C1)C(=O)OCC. The third-order valence-electron chi connectivity index (χ3n) is 3.77. The van der Waals surface area contributed by atoms with Crippen molar-refractivity contribution in [2.24, 2.45) is 5.92 Å². The Balaban J connectivity index is 2.46. The molecular formula is C15H28O3. The molecule has 0 aliphatic heterocycles. The van der Waals surface area contributed by atoms with E-state index < -0.39 is 0 Å². The Morgan fingerprint density at radius 3 is 2.67 bits per heavy atom. The van der Waals surface area contributed by atoms with E-state index in [0.717, 1.165) is 31.6 Å². The van der Waals surface area contributed by atoms with E-state index in [2.05, 4.69) is 13.8 Å². The lowest BCUT2D eigenvalue weighted by atomic mass is 9.85. The van der Waals surface area contributed by atoms with Crippen LogP contribution >= 0.6 is 0 Å². The fourth-order valence-electron chi connectivity index (χ4n) is 2.71. The van der Waals surface area contributed by atoms with Gasteiger partial charge >= 0.3 is 5.97 Å². The number of hydrogen-bond donors (Lipinski definition) is 0. The Morgan fingerprint density at radius 2 is 2.06 bits per heavy atom. The molecule has 0 spiro atoms. The lowest BCUT2D eigenvalue weighted by Gasteiger charge is -2.31. The van der Waals surface area contributed by atoms with Crippen LogP contribution in [-0.2, 0) is 14.3 Å². The number of esters is 1. The van der Waals surface area contributed by atoms with Crippen molar-refractivity contribution < 1.29 is 14.3 Å². The van der Waals surface area contributed by atoms with Crippen molar-refractivity contribution >= 4 is 5.97 Å². The molecule has 0 aromatic carbocycles. The van der Waals surface area contributed by atoms with Gasteiger partial charge in [0, 0.05) is 0 Å². The Kier molecular flexibility index (Phi) is 7.33. The highest BCUT2D eigenvalue weighted by Crippen LogP contribution is 2.29. The minimum atomic E-state index is -0.351. The standard InChI is InChI=1S/C15H28O3/c1-4-8-14(15(16)17-6-3)18-13-10-7-9-12(5-2)11-13/h12-14H,4-11H2,1-3H3. The number of ether oxygens (including phenoxy) is 2. The molecule has 3 heteroatoms. The first-order chi connectivity index (χ1) is 8.71. The summed E-state index contributed by atoms with van der Waals surface area (Å²) < 4.78 is 11.1. The minimum absolute atomic E-state index is 0.182. The second kappa shape index (κ2) is 8.52. The average Bonchev–Trinajstić information content (AvgIpc) is 2.39. The van der Waals surface area contributed by atoms with Gasteiger partial charge < -0.3 is 9.47 Å². The lowest BCUT2D eigenvalue weighted by Crippen LogP contribution is -2.33. The molecule has 1 aliphatic rings. The molecule has 0 amide bonds. The zero-order chi connectivity index (χ0) is 13.4. The molecule has 0 N–H and O–H groups in total. The van der Waals surface area contributed by atoms with Crippen molar-refractivity contribution in [1.29, 1.82) is 0 Å². The number of carbonyl (C=O) groups is 1. The maximum absolute atomic E-state index is 11.8. The van der Waals surface area contributed by atoms with E-state index in [9.17, 15) is 4.79 Å². The zero-order valence-electron chi connectivity index (χ0n) is 12.1. The number of carbonyl (C=O) groups excluding carboxylic acids is 1. The summed E-state index contributed by atoms with van der Waals surface area (Å²) in [7, 11) is 0. The zero-order valence-corrected chi connectivity index (χ0v) is 12.1. The molecule has 1 fully saturated rings. The van der Waals surface area contributed by atoms with Gasteiger partial charge in [0.1, 0.15) is 0 Å². The van der Waals surface area contributed by atoms with Gasteiger partial charge in [-0.1, -0.05) is 39.5 Å². The number of rotatable bonds is 7. The van der Waals surface area contributed by atoms with Crippen LogP contribution in [0.2, 0.25) is 0 Å². The van der Waals surface area contributed by atoms with E-state index in [1.54, 1.807) is 0 Å². The Morgan fingerprint density at radius 1 is 1.28 bits per heavy atom. The Labute approximate surface area is 111 Å². The van der Waals surface area contributed by atoms with E-state index >= 15 is 0 Å². The molecule has 0 aromatic rings. The summed E-state index contributed by atoms with van der Waals surface area (Å²) in [5.41, 5.74) is 0. The molecule has 1 aliphatic carbocycles. The van der Waals surface area contributed by atoms with Gasteiger partial charge in [-0.05, 0) is 32.1 Å². The highest BCUT2D eigenvalue weighted by molar-refractivity contribution is 5.74.